The number of nitro groups is 1. The van der Waals surface area contributed by atoms with Crippen molar-refractivity contribution in [3.8, 4) is 17.2 Å². The van der Waals surface area contributed by atoms with Gasteiger partial charge < -0.3 is 14.6 Å². The zero-order valence-corrected chi connectivity index (χ0v) is 12.0. The molecule has 2 rings (SSSR count). The van der Waals surface area contributed by atoms with Gasteiger partial charge in [0.2, 0.25) is 5.75 Å². The van der Waals surface area contributed by atoms with Crippen LogP contribution in [0.15, 0.2) is 36.4 Å². The van der Waals surface area contributed by atoms with E-state index in [4.69, 9.17) is 21.1 Å². The molecule has 0 aliphatic rings. The lowest BCUT2D eigenvalue weighted by Crippen LogP contribution is -2.02. The second-order valence-corrected chi connectivity index (χ2v) is 4.57. The average molecular weight is 324 g/mol. The number of aromatic carboxylic acids is 1. The van der Waals surface area contributed by atoms with Crippen molar-refractivity contribution < 1.29 is 24.3 Å². The summed E-state index contributed by atoms with van der Waals surface area (Å²) in [6, 6.07) is 7.87. The van der Waals surface area contributed by atoms with Crippen LogP contribution in [0.1, 0.15) is 10.4 Å². The zero-order chi connectivity index (χ0) is 16.3. The lowest BCUT2D eigenvalue weighted by Gasteiger charge is -2.10. The van der Waals surface area contributed by atoms with Gasteiger partial charge in [-0.15, -0.1) is 0 Å². The van der Waals surface area contributed by atoms with Gasteiger partial charge in [0.15, 0.2) is 0 Å². The Morgan fingerprint density at radius 1 is 1.23 bits per heavy atom. The summed E-state index contributed by atoms with van der Waals surface area (Å²) in [5.41, 5.74) is -0.509. The number of methoxy groups -OCH3 is 1. The average Bonchev–Trinajstić information content (AvgIpc) is 2.47. The predicted molar refractivity (Wildman–Crippen MR) is 78.1 cm³/mol. The molecule has 0 saturated heterocycles. The second-order valence-electron chi connectivity index (χ2n) is 4.14. The summed E-state index contributed by atoms with van der Waals surface area (Å²) in [7, 11) is 1.39. The Balaban J connectivity index is 2.49. The molecule has 0 atom stereocenters. The van der Waals surface area contributed by atoms with Gasteiger partial charge in [0.1, 0.15) is 17.1 Å². The third-order valence-electron chi connectivity index (χ3n) is 2.76. The zero-order valence-electron chi connectivity index (χ0n) is 11.3. The Bertz CT molecular complexity index is 746. The molecule has 0 unspecified atom stereocenters. The van der Waals surface area contributed by atoms with E-state index in [2.05, 4.69) is 0 Å². The van der Waals surface area contributed by atoms with Crippen molar-refractivity contribution in [3.63, 3.8) is 0 Å². The molecular weight excluding hydrogens is 314 g/mol. The Morgan fingerprint density at radius 3 is 2.55 bits per heavy atom. The first-order chi connectivity index (χ1) is 10.4. The van der Waals surface area contributed by atoms with E-state index in [0.29, 0.717) is 5.75 Å². The smallest absolute Gasteiger partial charge is 0.339 e. The number of ether oxygens (including phenoxy) is 2. The van der Waals surface area contributed by atoms with E-state index in [1.165, 1.54) is 43.5 Å². The van der Waals surface area contributed by atoms with Gasteiger partial charge in [-0.1, -0.05) is 11.6 Å². The quantitative estimate of drug-likeness (QED) is 0.664. The van der Waals surface area contributed by atoms with Crippen LogP contribution in [0.25, 0.3) is 0 Å². The molecule has 1 N–H and O–H groups in total. The summed E-state index contributed by atoms with van der Waals surface area (Å²) in [6.07, 6.45) is 0. The molecular formula is C14H10ClNO6. The predicted octanol–water partition coefficient (Wildman–Crippen LogP) is 3.75. The van der Waals surface area contributed by atoms with E-state index in [9.17, 15) is 20.0 Å². The van der Waals surface area contributed by atoms with Crippen molar-refractivity contribution in [3.05, 3.63) is 57.1 Å². The summed E-state index contributed by atoms with van der Waals surface area (Å²) in [4.78, 5) is 21.6. The van der Waals surface area contributed by atoms with E-state index in [-0.39, 0.29) is 27.8 Å². The highest BCUT2D eigenvalue weighted by atomic mass is 35.5. The monoisotopic (exact) mass is 323 g/mol. The molecule has 0 bridgehead atoms. The summed E-state index contributed by atoms with van der Waals surface area (Å²) in [5, 5.41) is 20.4. The molecule has 0 heterocycles. The molecule has 0 saturated carbocycles. The first-order valence-electron chi connectivity index (χ1n) is 5.95. The van der Waals surface area contributed by atoms with Gasteiger partial charge in [-0.3, -0.25) is 10.1 Å². The van der Waals surface area contributed by atoms with Crippen LogP contribution >= 0.6 is 11.6 Å². The molecule has 0 amide bonds. The van der Waals surface area contributed by atoms with E-state index in [1.807, 2.05) is 0 Å². The van der Waals surface area contributed by atoms with Crippen molar-refractivity contribution in [1.29, 1.82) is 0 Å². The summed E-state index contributed by atoms with van der Waals surface area (Å²) >= 11 is 5.80. The number of halogens is 1. The number of nitro benzene ring substituents is 1. The third-order valence-corrected chi connectivity index (χ3v) is 2.99. The fourth-order valence-electron chi connectivity index (χ4n) is 1.73. The Morgan fingerprint density at radius 2 is 1.95 bits per heavy atom. The molecule has 2 aromatic carbocycles. The molecule has 0 aliphatic carbocycles. The molecule has 0 fully saturated rings. The Labute approximate surface area is 129 Å². The minimum Gasteiger partial charge on any atom is -0.497 e. The van der Waals surface area contributed by atoms with Gasteiger partial charge in [0.25, 0.3) is 0 Å². The van der Waals surface area contributed by atoms with Crippen LogP contribution in [0.5, 0.6) is 17.2 Å². The highest BCUT2D eigenvalue weighted by Crippen LogP contribution is 2.36. The van der Waals surface area contributed by atoms with Gasteiger partial charge in [-0.25, -0.2) is 4.79 Å². The summed E-state index contributed by atoms with van der Waals surface area (Å²) in [6.45, 7) is 0. The molecule has 0 aliphatic heterocycles. The molecule has 2 aromatic rings. The molecule has 114 valence electrons. The van der Waals surface area contributed by atoms with E-state index in [0.717, 1.165) is 0 Å². The van der Waals surface area contributed by atoms with E-state index in [1.54, 1.807) is 0 Å². The van der Waals surface area contributed by atoms with Crippen molar-refractivity contribution in [1.82, 2.24) is 0 Å². The Kier molecular flexibility index (Phi) is 4.47. The number of benzene rings is 2. The first kappa shape index (κ1) is 15.6. The fraction of sp³-hybridized carbons (Fsp3) is 0.0714. The van der Waals surface area contributed by atoms with Crippen molar-refractivity contribution in [2.45, 2.75) is 0 Å². The summed E-state index contributed by atoms with van der Waals surface area (Å²) in [5.74, 6) is -1.13. The van der Waals surface area contributed by atoms with E-state index < -0.39 is 10.9 Å². The minimum absolute atomic E-state index is 0.0568. The first-order valence-corrected chi connectivity index (χ1v) is 6.33. The highest BCUT2D eigenvalue weighted by Gasteiger charge is 2.20. The van der Waals surface area contributed by atoms with Gasteiger partial charge in [-0.05, 0) is 24.3 Å². The van der Waals surface area contributed by atoms with Crippen LogP contribution in [0.4, 0.5) is 5.69 Å². The van der Waals surface area contributed by atoms with Crippen molar-refractivity contribution in [2.24, 2.45) is 0 Å². The van der Waals surface area contributed by atoms with Gasteiger partial charge in [-0.2, -0.15) is 0 Å². The molecule has 22 heavy (non-hydrogen) atoms. The second kappa shape index (κ2) is 6.31. The maximum Gasteiger partial charge on any atom is 0.339 e. The molecule has 7 nitrogen and oxygen atoms in total. The SMILES string of the molecule is COc1ccc(Oc2cc(Cl)ccc2[N+](=O)[O-])c(C(=O)O)c1. The summed E-state index contributed by atoms with van der Waals surface area (Å²) < 4.78 is 10.3. The largest absolute Gasteiger partial charge is 0.497 e. The van der Waals surface area contributed by atoms with E-state index >= 15 is 0 Å². The topological polar surface area (TPSA) is 98.9 Å². The minimum atomic E-state index is -1.25. The lowest BCUT2D eigenvalue weighted by atomic mass is 10.2. The number of carbonyl (C=O) groups is 1. The van der Waals surface area contributed by atoms with Gasteiger partial charge in [0, 0.05) is 17.2 Å². The van der Waals surface area contributed by atoms with Crippen LogP contribution in [-0.2, 0) is 0 Å². The van der Waals surface area contributed by atoms with Crippen molar-refractivity contribution >= 4 is 23.3 Å². The maximum atomic E-state index is 11.3. The fourth-order valence-corrected chi connectivity index (χ4v) is 1.89. The third kappa shape index (κ3) is 3.26. The van der Waals surface area contributed by atoms with Crippen LogP contribution < -0.4 is 9.47 Å². The Hall–Kier alpha value is -2.80. The van der Waals surface area contributed by atoms with Crippen molar-refractivity contribution in [2.75, 3.05) is 7.11 Å². The van der Waals surface area contributed by atoms with Crippen LogP contribution in [-0.4, -0.2) is 23.1 Å². The standard InChI is InChI=1S/C14H10ClNO6/c1-21-9-3-5-12(10(7-9)14(17)18)22-13-6-8(15)2-4-11(13)16(19)20/h2-7H,1H3,(H,17,18). The van der Waals surface area contributed by atoms with Gasteiger partial charge in [0.05, 0.1) is 12.0 Å². The van der Waals surface area contributed by atoms with Gasteiger partial charge >= 0.3 is 11.7 Å². The number of hydrogen-bond acceptors (Lipinski definition) is 5. The van der Waals surface area contributed by atoms with Crippen LogP contribution in [0.3, 0.4) is 0 Å². The molecule has 0 radical (unpaired) electrons. The number of nitrogens with zero attached hydrogens (tertiary/aromatic N) is 1. The molecule has 8 heteroatoms. The number of carboxylic acids is 1. The number of carboxylic acid groups (broad SMARTS) is 1. The highest BCUT2D eigenvalue weighted by molar-refractivity contribution is 6.30. The normalized spacial score (nSPS) is 10.1. The molecule has 0 spiro atoms. The lowest BCUT2D eigenvalue weighted by molar-refractivity contribution is -0.385. The number of hydrogen-bond donors (Lipinski definition) is 1. The van der Waals surface area contributed by atoms with Crippen LogP contribution in [0, 0.1) is 10.1 Å². The number of rotatable bonds is 5. The maximum absolute atomic E-state index is 11.3. The molecule has 0 aromatic heterocycles. The van der Waals surface area contributed by atoms with Crippen LogP contribution in [0.2, 0.25) is 5.02 Å².